The third-order valence-corrected chi connectivity index (χ3v) is 5.74. The molecule has 0 saturated heterocycles. The van der Waals surface area contributed by atoms with E-state index in [2.05, 4.69) is 14.9 Å². The van der Waals surface area contributed by atoms with Crippen LogP contribution in [0, 0.1) is 5.82 Å². The number of H-pyrrole nitrogens is 1. The predicted molar refractivity (Wildman–Crippen MR) is 130 cm³/mol. The highest BCUT2D eigenvalue weighted by Gasteiger charge is 2.17. The van der Waals surface area contributed by atoms with Crippen LogP contribution in [0.15, 0.2) is 59.5 Å². The van der Waals surface area contributed by atoms with Gasteiger partial charge < -0.3 is 25.0 Å². The van der Waals surface area contributed by atoms with Crippen molar-refractivity contribution in [2.45, 2.75) is 24.3 Å². The Labute approximate surface area is 195 Å². The van der Waals surface area contributed by atoms with Gasteiger partial charge in [0.25, 0.3) is 0 Å². The van der Waals surface area contributed by atoms with E-state index in [1.54, 1.807) is 33.1 Å². The quantitative estimate of drug-likeness (QED) is 0.263. The van der Waals surface area contributed by atoms with Crippen molar-refractivity contribution >= 4 is 34.4 Å². The van der Waals surface area contributed by atoms with Crippen molar-refractivity contribution in [3.05, 3.63) is 60.4 Å². The van der Waals surface area contributed by atoms with E-state index >= 15 is 0 Å². The number of benzene rings is 3. The summed E-state index contributed by atoms with van der Waals surface area (Å²) in [5, 5.41) is 17.7. The van der Waals surface area contributed by atoms with Crippen molar-refractivity contribution in [2.24, 2.45) is 0 Å². The number of anilines is 2. The lowest BCUT2D eigenvalue weighted by atomic mass is 10.0. The number of nitrogen functional groups attached to an aromatic ring is 1. The molecule has 0 amide bonds. The second-order valence-electron chi connectivity index (χ2n) is 8.18. The van der Waals surface area contributed by atoms with Gasteiger partial charge in [-0.2, -0.15) is 5.10 Å². The third-order valence-electron chi connectivity index (χ3n) is 4.87. The van der Waals surface area contributed by atoms with Crippen LogP contribution in [0.2, 0.25) is 0 Å². The van der Waals surface area contributed by atoms with Gasteiger partial charge in [-0.3, -0.25) is 5.10 Å². The minimum atomic E-state index is -0.992. The molecule has 0 radical (unpaired) electrons. The highest BCUT2D eigenvalue weighted by Crippen LogP contribution is 2.36. The smallest absolute Gasteiger partial charge is 0.156 e. The minimum Gasteiger partial charge on any atom is -0.497 e. The van der Waals surface area contributed by atoms with Gasteiger partial charge in [0, 0.05) is 5.69 Å². The molecule has 0 spiro atoms. The van der Waals surface area contributed by atoms with Crippen molar-refractivity contribution in [1.82, 2.24) is 10.2 Å². The summed E-state index contributed by atoms with van der Waals surface area (Å²) in [7, 11) is 1.55. The molecule has 3 aromatic carbocycles. The summed E-state index contributed by atoms with van der Waals surface area (Å²) >= 11 is 1.17. The maximum absolute atomic E-state index is 14.0. The summed E-state index contributed by atoms with van der Waals surface area (Å²) in [6.07, 6.45) is 0. The van der Waals surface area contributed by atoms with Crippen LogP contribution in [0.4, 0.5) is 15.9 Å². The van der Waals surface area contributed by atoms with Crippen molar-refractivity contribution < 1.29 is 19.0 Å². The standard InChI is InChI=1S/C24H25FN4O3S/c1-24(2,30)13-32-20-11-15(10-19-22(20)23(26)28-27-19)14-4-6-16(7-5-14)29-33-21-12-17(31-3)8-9-18(21)25/h4-12,29-30H,13H2,1-3H3,(H3,26,27,28). The van der Waals surface area contributed by atoms with E-state index < -0.39 is 5.60 Å². The zero-order chi connectivity index (χ0) is 23.6. The Hall–Kier alpha value is -3.43. The number of methoxy groups -OCH3 is 1. The normalized spacial score (nSPS) is 11.5. The van der Waals surface area contributed by atoms with Gasteiger partial charge in [-0.15, -0.1) is 0 Å². The van der Waals surface area contributed by atoms with Gasteiger partial charge in [-0.25, -0.2) is 4.39 Å². The van der Waals surface area contributed by atoms with Crippen LogP contribution in [0.5, 0.6) is 11.5 Å². The fourth-order valence-electron chi connectivity index (χ4n) is 3.21. The number of aromatic amines is 1. The van der Waals surface area contributed by atoms with Crippen molar-refractivity contribution in [3.63, 3.8) is 0 Å². The SMILES string of the molecule is COc1ccc(F)c(SNc2ccc(-c3cc(OCC(C)(C)O)c4c(N)n[nH]c4c3)cc2)c1. The van der Waals surface area contributed by atoms with Gasteiger partial charge in [0.15, 0.2) is 5.82 Å². The number of nitrogens with one attached hydrogen (secondary N) is 2. The number of aliphatic hydroxyl groups is 1. The van der Waals surface area contributed by atoms with E-state index in [-0.39, 0.29) is 12.4 Å². The Kier molecular flexibility index (Phi) is 6.35. The van der Waals surface area contributed by atoms with Crippen molar-refractivity contribution in [3.8, 4) is 22.6 Å². The lowest BCUT2D eigenvalue weighted by molar-refractivity contribution is 0.0290. The predicted octanol–water partition coefficient (Wildman–Crippen LogP) is 5.23. The molecule has 0 aliphatic rings. The van der Waals surface area contributed by atoms with Crippen LogP contribution in [-0.2, 0) is 0 Å². The van der Waals surface area contributed by atoms with Crippen molar-refractivity contribution in [1.29, 1.82) is 0 Å². The van der Waals surface area contributed by atoms with Crippen LogP contribution in [0.25, 0.3) is 22.0 Å². The first-order valence-electron chi connectivity index (χ1n) is 10.2. The fraction of sp³-hybridized carbons (Fsp3) is 0.208. The van der Waals surface area contributed by atoms with E-state index in [4.69, 9.17) is 15.2 Å². The van der Waals surface area contributed by atoms with Crippen LogP contribution in [-0.4, -0.2) is 34.6 Å². The molecule has 0 fully saturated rings. The Morgan fingerprint density at radius 2 is 1.88 bits per heavy atom. The molecule has 0 aliphatic heterocycles. The van der Waals surface area contributed by atoms with Crippen LogP contribution < -0.4 is 19.9 Å². The topological polar surface area (TPSA) is 105 Å². The molecule has 4 rings (SSSR count). The van der Waals surface area contributed by atoms with Gasteiger partial charge in [0.1, 0.15) is 23.9 Å². The van der Waals surface area contributed by atoms with Crippen LogP contribution in [0.3, 0.4) is 0 Å². The lowest BCUT2D eigenvalue weighted by Gasteiger charge is -2.19. The average Bonchev–Trinajstić information content (AvgIpc) is 3.17. The average molecular weight is 469 g/mol. The van der Waals surface area contributed by atoms with Crippen LogP contribution >= 0.6 is 11.9 Å². The zero-order valence-electron chi connectivity index (χ0n) is 18.5. The molecule has 0 unspecified atom stereocenters. The molecule has 4 aromatic rings. The number of halogens is 1. The zero-order valence-corrected chi connectivity index (χ0v) is 19.3. The molecule has 7 nitrogen and oxygen atoms in total. The monoisotopic (exact) mass is 468 g/mol. The Balaban J connectivity index is 1.55. The number of ether oxygens (including phenoxy) is 2. The van der Waals surface area contributed by atoms with E-state index in [1.807, 2.05) is 36.4 Å². The largest absolute Gasteiger partial charge is 0.497 e. The molecule has 0 aliphatic carbocycles. The van der Waals surface area contributed by atoms with E-state index in [0.717, 1.165) is 22.3 Å². The molecule has 33 heavy (non-hydrogen) atoms. The lowest BCUT2D eigenvalue weighted by Crippen LogP contribution is -2.27. The van der Waals surface area contributed by atoms with Gasteiger partial charge in [-0.05, 0) is 79.4 Å². The Bertz CT molecular complexity index is 1270. The number of hydrogen-bond donors (Lipinski definition) is 4. The molecule has 0 atom stereocenters. The van der Waals surface area contributed by atoms with Crippen LogP contribution in [0.1, 0.15) is 13.8 Å². The second-order valence-corrected chi connectivity index (χ2v) is 9.03. The number of fused-ring (bicyclic) bond motifs is 1. The maximum atomic E-state index is 14.0. The summed E-state index contributed by atoms with van der Waals surface area (Å²) in [6.45, 7) is 3.46. The van der Waals surface area contributed by atoms with Gasteiger partial charge in [0.2, 0.25) is 0 Å². The minimum absolute atomic E-state index is 0.108. The summed E-state index contributed by atoms with van der Waals surface area (Å²) < 4.78 is 28.2. The Morgan fingerprint density at radius 3 is 2.58 bits per heavy atom. The molecule has 0 saturated carbocycles. The molecule has 9 heteroatoms. The summed E-state index contributed by atoms with van der Waals surface area (Å²) in [4.78, 5) is 0.439. The molecule has 172 valence electrons. The molecule has 0 bridgehead atoms. The first kappa shape index (κ1) is 22.8. The number of aromatic nitrogens is 2. The number of rotatable bonds is 8. The van der Waals surface area contributed by atoms with E-state index in [9.17, 15) is 9.50 Å². The molecule has 1 aromatic heterocycles. The second kappa shape index (κ2) is 9.21. The Morgan fingerprint density at radius 1 is 1.12 bits per heavy atom. The van der Waals surface area contributed by atoms with Gasteiger partial charge in [-0.1, -0.05) is 12.1 Å². The third kappa shape index (κ3) is 5.32. The summed E-state index contributed by atoms with van der Waals surface area (Å²) in [6, 6.07) is 16.1. The number of nitrogens with zero attached hydrogens (tertiary/aromatic N) is 1. The fourth-order valence-corrected chi connectivity index (χ4v) is 3.92. The number of nitrogens with two attached hydrogens (primary N) is 1. The van der Waals surface area contributed by atoms with Gasteiger partial charge in [0.05, 0.1) is 28.5 Å². The molecule has 1 heterocycles. The molecular formula is C24H25FN4O3S. The van der Waals surface area contributed by atoms with Crippen molar-refractivity contribution in [2.75, 3.05) is 24.2 Å². The first-order chi connectivity index (χ1) is 15.7. The van der Waals surface area contributed by atoms with Gasteiger partial charge >= 0.3 is 0 Å². The highest BCUT2D eigenvalue weighted by atomic mass is 32.2. The highest BCUT2D eigenvalue weighted by molar-refractivity contribution is 8.00. The van der Waals surface area contributed by atoms with E-state index in [0.29, 0.717) is 27.6 Å². The van der Waals surface area contributed by atoms with E-state index in [1.165, 1.54) is 18.0 Å². The molecular weight excluding hydrogens is 443 g/mol. The summed E-state index contributed by atoms with van der Waals surface area (Å²) in [5.41, 5.74) is 8.41. The number of hydrogen-bond acceptors (Lipinski definition) is 7. The molecule has 5 N–H and O–H groups in total. The maximum Gasteiger partial charge on any atom is 0.156 e. The summed E-state index contributed by atoms with van der Waals surface area (Å²) in [5.74, 6) is 1.15. The first-order valence-corrected chi connectivity index (χ1v) is 11.0.